The summed E-state index contributed by atoms with van der Waals surface area (Å²) >= 11 is 0. The molecule has 2 aromatic rings. The SMILES string of the molecule is [C-]#[N+]/C(C#N)=C1\c2ccccc2-c2c(CC)cccc21. The summed E-state index contributed by atoms with van der Waals surface area (Å²) in [6.45, 7) is 9.38. The lowest BCUT2D eigenvalue weighted by Gasteiger charge is -2.07. The van der Waals surface area contributed by atoms with Crippen LogP contribution in [0.25, 0.3) is 21.5 Å². The lowest BCUT2D eigenvalue weighted by atomic mass is 9.97. The fourth-order valence-corrected chi connectivity index (χ4v) is 2.88. The van der Waals surface area contributed by atoms with Crippen molar-refractivity contribution >= 4 is 5.57 Å². The van der Waals surface area contributed by atoms with E-state index in [1.807, 2.05) is 36.4 Å². The summed E-state index contributed by atoms with van der Waals surface area (Å²) in [6, 6.07) is 16.2. The maximum atomic E-state index is 9.24. The predicted octanol–water partition coefficient (Wildman–Crippen LogP) is 4.43. The van der Waals surface area contributed by atoms with Crippen LogP contribution in [0.15, 0.2) is 48.2 Å². The number of hydrogen-bond donors (Lipinski definition) is 0. The first-order valence-corrected chi connectivity index (χ1v) is 6.55. The van der Waals surface area contributed by atoms with Crippen molar-refractivity contribution in [3.63, 3.8) is 0 Å². The Morgan fingerprint density at radius 2 is 1.80 bits per heavy atom. The van der Waals surface area contributed by atoms with Gasteiger partial charge in [0, 0.05) is 5.57 Å². The first-order valence-electron chi connectivity index (χ1n) is 6.55. The van der Waals surface area contributed by atoms with E-state index < -0.39 is 0 Å². The third kappa shape index (κ3) is 1.56. The molecule has 94 valence electrons. The summed E-state index contributed by atoms with van der Waals surface area (Å²) in [5.74, 6) is 0. The largest absolute Gasteiger partial charge is 0.270 e. The van der Waals surface area contributed by atoms with E-state index in [0.29, 0.717) is 0 Å². The van der Waals surface area contributed by atoms with Gasteiger partial charge < -0.3 is 0 Å². The predicted molar refractivity (Wildman–Crippen MR) is 79.5 cm³/mol. The first-order chi connectivity index (χ1) is 9.81. The smallest absolute Gasteiger partial charge is 0.226 e. The third-order valence-corrected chi connectivity index (χ3v) is 3.72. The molecule has 0 radical (unpaired) electrons. The van der Waals surface area contributed by atoms with Crippen LogP contribution in [0.3, 0.4) is 0 Å². The quantitative estimate of drug-likeness (QED) is 0.467. The molecule has 0 saturated carbocycles. The van der Waals surface area contributed by atoms with Crippen LogP contribution in [-0.2, 0) is 6.42 Å². The van der Waals surface area contributed by atoms with Crippen LogP contribution in [0.2, 0.25) is 0 Å². The van der Waals surface area contributed by atoms with Crippen molar-refractivity contribution in [2.75, 3.05) is 0 Å². The Morgan fingerprint density at radius 1 is 1.10 bits per heavy atom. The zero-order valence-corrected chi connectivity index (χ0v) is 11.1. The monoisotopic (exact) mass is 256 g/mol. The summed E-state index contributed by atoms with van der Waals surface area (Å²) < 4.78 is 0. The van der Waals surface area contributed by atoms with Crippen molar-refractivity contribution in [1.82, 2.24) is 0 Å². The topological polar surface area (TPSA) is 28.1 Å². The highest BCUT2D eigenvalue weighted by molar-refractivity contribution is 6.04. The lowest BCUT2D eigenvalue weighted by Crippen LogP contribution is -1.88. The van der Waals surface area contributed by atoms with Gasteiger partial charge in [-0.3, -0.25) is 0 Å². The van der Waals surface area contributed by atoms with Crippen molar-refractivity contribution in [2.24, 2.45) is 0 Å². The van der Waals surface area contributed by atoms with Gasteiger partial charge in [-0.2, -0.15) is 0 Å². The Hall–Kier alpha value is -2.84. The van der Waals surface area contributed by atoms with Crippen LogP contribution >= 0.6 is 0 Å². The Labute approximate surface area is 118 Å². The van der Waals surface area contributed by atoms with E-state index in [-0.39, 0.29) is 5.70 Å². The first kappa shape index (κ1) is 12.2. The molecule has 0 spiro atoms. The Balaban J connectivity index is 2.48. The molecular weight excluding hydrogens is 244 g/mol. The highest BCUT2D eigenvalue weighted by Crippen LogP contribution is 2.47. The summed E-state index contributed by atoms with van der Waals surface area (Å²) in [5.41, 5.74) is 6.53. The molecule has 2 nitrogen and oxygen atoms in total. The molecule has 0 fully saturated rings. The lowest BCUT2D eigenvalue weighted by molar-refractivity contribution is 1.14. The summed E-state index contributed by atoms with van der Waals surface area (Å²) in [4.78, 5) is 3.41. The van der Waals surface area contributed by atoms with E-state index in [2.05, 4.69) is 23.9 Å². The minimum atomic E-state index is 0.171. The molecule has 2 heteroatoms. The molecule has 0 aromatic heterocycles. The van der Waals surface area contributed by atoms with Crippen LogP contribution < -0.4 is 0 Å². The highest BCUT2D eigenvalue weighted by Gasteiger charge is 2.27. The van der Waals surface area contributed by atoms with Gasteiger partial charge in [0.25, 0.3) is 5.70 Å². The molecule has 2 aromatic carbocycles. The summed E-state index contributed by atoms with van der Waals surface area (Å²) in [5, 5.41) is 9.24. The van der Waals surface area contributed by atoms with Gasteiger partial charge in [-0.05, 0) is 34.2 Å². The van der Waals surface area contributed by atoms with Crippen LogP contribution in [0.5, 0.6) is 0 Å². The zero-order chi connectivity index (χ0) is 14.1. The van der Waals surface area contributed by atoms with Gasteiger partial charge in [0.2, 0.25) is 0 Å². The van der Waals surface area contributed by atoms with E-state index in [1.165, 1.54) is 11.1 Å². The third-order valence-electron chi connectivity index (χ3n) is 3.72. The zero-order valence-electron chi connectivity index (χ0n) is 11.1. The Bertz CT molecular complexity index is 798. The average Bonchev–Trinajstić information content (AvgIpc) is 2.84. The van der Waals surface area contributed by atoms with E-state index >= 15 is 0 Å². The number of benzene rings is 2. The summed E-state index contributed by atoms with van der Waals surface area (Å²) in [6.07, 6.45) is 0.935. The van der Waals surface area contributed by atoms with Crippen molar-refractivity contribution in [3.05, 3.63) is 76.3 Å². The van der Waals surface area contributed by atoms with E-state index in [1.54, 1.807) is 0 Å². The molecule has 0 heterocycles. The van der Waals surface area contributed by atoms with Gasteiger partial charge in [-0.1, -0.05) is 49.4 Å². The standard InChI is InChI=1S/C18H12N2/c1-3-12-7-6-10-15-17(12)13-8-4-5-9-14(13)18(15)16(11-19)20-2/h4-10H,3H2,1H3/b18-16+. The highest BCUT2D eigenvalue weighted by atomic mass is 14.7. The number of allylic oxidation sites excluding steroid dienone is 1. The maximum Gasteiger partial charge on any atom is 0.270 e. The average molecular weight is 256 g/mol. The molecule has 0 unspecified atom stereocenters. The fourth-order valence-electron chi connectivity index (χ4n) is 2.88. The van der Waals surface area contributed by atoms with E-state index in [0.717, 1.165) is 28.7 Å². The minimum Gasteiger partial charge on any atom is -0.226 e. The van der Waals surface area contributed by atoms with Crippen molar-refractivity contribution in [3.8, 4) is 17.2 Å². The normalized spacial score (nSPS) is 13.9. The van der Waals surface area contributed by atoms with Gasteiger partial charge in [0.05, 0.1) is 12.6 Å². The van der Waals surface area contributed by atoms with Crippen LogP contribution in [0.1, 0.15) is 23.6 Å². The van der Waals surface area contributed by atoms with E-state index in [4.69, 9.17) is 6.57 Å². The molecular formula is C18H12N2. The molecule has 3 rings (SSSR count). The van der Waals surface area contributed by atoms with Crippen molar-refractivity contribution in [2.45, 2.75) is 13.3 Å². The minimum absolute atomic E-state index is 0.171. The van der Waals surface area contributed by atoms with Gasteiger partial charge in [-0.25, -0.2) is 10.1 Å². The number of nitriles is 1. The maximum absolute atomic E-state index is 9.24. The number of rotatable bonds is 1. The second-order valence-electron chi connectivity index (χ2n) is 4.69. The molecule has 0 bridgehead atoms. The molecule has 0 atom stereocenters. The van der Waals surface area contributed by atoms with Crippen LogP contribution in [-0.4, -0.2) is 0 Å². The number of hydrogen-bond acceptors (Lipinski definition) is 1. The van der Waals surface area contributed by atoms with Crippen LogP contribution in [0.4, 0.5) is 0 Å². The van der Waals surface area contributed by atoms with E-state index in [9.17, 15) is 5.26 Å². The molecule has 1 aliphatic carbocycles. The van der Waals surface area contributed by atoms with Crippen molar-refractivity contribution < 1.29 is 0 Å². The summed E-state index contributed by atoms with van der Waals surface area (Å²) in [7, 11) is 0. The molecule has 1 aliphatic rings. The molecule has 0 saturated heterocycles. The second-order valence-corrected chi connectivity index (χ2v) is 4.69. The number of fused-ring (bicyclic) bond motifs is 3. The molecule has 0 N–H and O–H groups in total. The van der Waals surface area contributed by atoms with Gasteiger partial charge in [-0.15, -0.1) is 0 Å². The van der Waals surface area contributed by atoms with Gasteiger partial charge in [0.15, 0.2) is 0 Å². The second kappa shape index (κ2) is 4.68. The van der Waals surface area contributed by atoms with Crippen molar-refractivity contribution in [1.29, 1.82) is 5.26 Å². The molecule has 20 heavy (non-hydrogen) atoms. The van der Waals surface area contributed by atoms with Gasteiger partial charge >= 0.3 is 0 Å². The Morgan fingerprint density at radius 3 is 2.45 bits per heavy atom. The molecule has 0 aliphatic heterocycles. The number of nitrogens with zero attached hydrogens (tertiary/aromatic N) is 2. The van der Waals surface area contributed by atoms with Crippen LogP contribution in [0, 0.1) is 17.9 Å². The Kier molecular flexibility index (Phi) is 2.86. The van der Waals surface area contributed by atoms with Gasteiger partial charge in [0.1, 0.15) is 0 Å². The number of aryl methyl sites for hydroxylation is 1. The fraction of sp³-hybridized carbons (Fsp3) is 0.111. The molecule has 0 amide bonds.